The van der Waals surface area contributed by atoms with E-state index >= 15 is 0 Å². The molecule has 0 aliphatic rings. The number of azo groups is 2. The predicted octanol–water partition coefficient (Wildman–Crippen LogP) is 11.9. The SMILES string of the molecule is [C-]#[N+]c1cn(-c2ccc(C)cc2)nc1N=Nc1c(Nc2ccccc2)nc(Nc2nc(O)nc(Nc3nc(Nc4ccccc4)c(N=Nc4nn(-c5ccc(C)cc5)cc4C#N)c(C)c3C#N)n2)c(C#N)c1C. The van der Waals surface area contributed by atoms with Crippen LogP contribution in [0.25, 0.3) is 16.2 Å². The van der Waals surface area contributed by atoms with Crippen molar-refractivity contribution in [2.24, 2.45) is 20.5 Å². The lowest BCUT2D eigenvalue weighted by Crippen LogP contribution is -2.09. The molecule has 0 aliphatic heterocycles. The van der Waals surface area contributed by atoms with Gasteiger partial charge in [-0.05, 0) is 76.2 Å². The first-order chi connectivity index (χ1) is 35.5. The van der Waals surface area contributed by atoms with E-state index in [1.807, 2.05) is 98.8 Å². The van der Waals surface area contributed by atoms with Crippen molar-refractivity contribution in [3.8, 4) is 35.6 Å². The number of nitriles is 3. The van der Waals surface area contributed by atoms with Crippen LogP contribution in [-0.4, -0.2) is 49.6 Å². The van der Waals surface area contributed by atoms with E-state index in [0.717, 1.165) is 16.8 Å². The van der Waals surface area contributed by atoms with E-state index in [1.54, 1.807) is 50.5 Å². The van der Waals surface area contributed by atoms with E-state index in [0.29, 0.717) is 28.2 Å². The number of pyridine rings is 2. The van der Waals surface area contributed by atoms with E-state index in [2.05, 4.69) is 89.9 Å². The minimum Gasteiger partial charge on any atom is -0.479 e. The van der Waals surface area contributed by atoms with Gasteiger partial charge in [-0.15, -0.1) is 25.6 Å². The van der Waals surface area contributed by atoms with Gasteiger partial charge in [0.1, 0.15) is 46.3 Å². The number of para-hydroxylation sites is 2. The average Bonchev–Trinajstić information content (AvgIpc) is 4.01. The summed E-state index contributed by atoms with van der Waals surface area (Å²) in [5.41, 5.74) is 6.15. The summed E-state index contributed by atoms with van der Waals surface area (Å²) in [6.45, 7) is 15.0. The molecule has 352 valence electrons. The monoisotopic (exact) mass is 959 g/mol. The summed E-state index contributed by atoms with van der Waals surface area (Å²) in [6, 6.07) is 39.1. The fourth-order valence-electron chi connectivity index (χ4n) is 7.14. The lowest BCUT2D eigenvalue weighted by Gasteiger charge is -2.16. The third kappa shape index (κ3) is 10.3. The topological polar surface area (TPSA) is 294 Å². The summed E-state index contributed by atoms with van der Waals surface area (Å²) in [5, 5.41) is 81.0. The van der Waals surface area contributed by atoms with Crippen molar-refractivity contribution in [3.05, 3.63) is 172 Å². The molecule has 22 heteroatoms. The second-order valence-electron chi connectivity index (χ2n) is 15.9. The molecule has 0 aliphatic carbocycles. The van der Waals surface area contributed by atoms with Gasteiger partial charge in [-0.1, -0.05) is 71.8 Å². The second-order valence-corrected chi connectivity index (χ2v) is 15.9. The minimum absolute atomic E-state index is 0.0172. The zero-order valence-corrected chi connectivity index (χ0v) is 39.1. The van der Waals surface area contributed by atoms with Crippen LogP contribution in [-0.2, 0) is 0 Å². The molecule has 0 spiro atoms. The summed E-state index contributed by atoms with van der Waals surface area (Å²) in [4.78, 5) is 25.6. The first-order valence-corrected chi connectivity index (χ1v) is 22.0. The number of hydrogen-bond acceptors (Lipinski definition) is 19. The Morgan fingerprint density at radius 1 is 0.521 bits per heavy atom. The molecule has 0 atom stereocenters. The van der Waals surface area contributed by atoms with E-state index in [9.17, 15) is 20.9 Å². The largest absolute Gasteiger partial charge is 0.479 e. The van der Waals surface area contributed by atoms with Crippen LogP contribution in [0.15, 0.2) is 142 Å². The maximum Gasteiger partial charge on any atom is 0.320 e. The van der Waals surface area contributed by atoms with Crippen molar-refractivity contribution in [2.75, 3.05) is 21.3 Å². The molecule has 73 heavy (non-hydrogen) atoms. The molecule has 0 amide bonds. The standard InChI is InChI=1S/C51H37N21O/c1-29-16-20-36(21-17-29)71-27-33(24-52)43(69-71)67-65-41-31(3)38(25-53)44(58-47(41)56-34-12-8-6-9-13-34)60-49-62-50(64-51(73)63-49)61-45-39(26-54)32(4)42(48(59-45)57-35-14-10-7-11-15-35)66-68-46-40(55-5)28-72(70-46)37-22-18-30(2)19-23-37/h6-23,27-28H,1-4H3,(H5,56,57,58,59,60,61,62,63,64,73). The zero-order valence-electron chi connectivity index (χ0n) is 39.1. The lowest BCUT2D eigenvalue weighted by molar-refractivity contribution is 0.430. The summed E-state index contributed by atoms with van der Waals surface area (Å²) >= 11 is 0. The van der Waals surface area contributed by atoms with Crippen molar-refractivity contribution < 1.29 is 5.11 Å². The minimum atomic E-state index is -0.731. The number of benzene rings is 4. The molecule has 22 nitrogen and oxygen atoms in total. The molecule has 5 heterocycles. The van der Waals surface area contributed by atoms with Gasteiger partial charge in [0.25, 0.3) is 5.69 Å². The number of rotatable bonds is 14. The maximum atomic E-state index is 10.9. The predicted molar refractivity (Wildman–Crippen MR) is 271 cm³/mol. The molecule has 5 N–H and O–H groups in total. The molecule has 5 aromatic heterocycles. The zero-order chi connectivity index (χ0) is 51.0. The molecule has 0 saturated heterocycles. The Morgan fingerprint density at radius 3 is 1.42 bits per heavy atom. The summed E-state index contributed by atoms with van der Waals surface area (Å²) in [5.74, 6) is -0.158. The molecular weight excluding hydrogens is 923 g/mol. The van der Waals surface area contributed by atoms with Crippen LogP contribution >= 0.6 is 0 Å². The number of hydrogen-bond donors (Lipinski definition) is 5. The number of aryl methyl sites for hydroxylation is 2. The van der Waals surface area contributed by atoms with Crippen LogP contribution in [0, 0.1) is 68.3 Å². The van der Waals surface area contributed by atoms with Crippen molar-refractivity contribution in [2.45, 2.75) is 27.7 Å². The Bertz CT molecular complexity index is 3540. The van der Waals surface area contributed by atoms with Crippen LogP contribution < -0.4 is 21.3 Å². The Kier molecular flexibility index (Phi) is 13.2. The number of nitrogens with zero attached hydrogens (tertiary/aromatic N) is 17. The van der Waals surface area contributed by atoms with Gasteiger partial charge in [0.05, 0.1) is 24.1 Å². The van der Waals surface area contributed by atoms with Crippen molar-refractivity contribution >= 4 is 75.2 Å². The van der Waals surface area contributed by atoms with Gasteiger partial charge < -0.3 is 26.4 Å². The quantitative estimate of drug-likeness (QED) is 0.0500. The fraction of sp³-hybridized carbons (Fsp3) is 0.0784. The highest BCUT2D eigenvalue weighted by atomic mass is 16.3. The molecular formula is C51H37N21O. The van der Waals surface area contributed by atoms with E-state index < -0.39 is 6.01 Å². The smallest absolute Gasteiger partial charge is 0.320 e. The lowest BCUT2D eigenvalue weighted by atomic mass is 10.1. The Hall–Kier alpha value is -11.2. The Morgan fingerprint density at radius 2 is 0.973 bits per heavy atom. The summed E-state index contributed by atoms with van der Waals surface area (Å²) in [6.07, 6.45) is 3.11. The van der Waals surface area contributed by atoms with Crippen molar-refractivity contribution in [3.63, 3.8) is 0 Å². The van der Waals surface area contributed by atoms with Crippen LogP contribution in [0.3, 0.4) is 0 Å². The van der Waals surface area contributed by atoms with Crippen molar-refractivity contribution in [1.82, 2.24) is 44.5 Å². The molecule has 0 bridgehead atoms. The average molecular weight is 960 g/mol. The van der Waals surface area contributed by atoms with Crippen molar-refractivity contribution in [1.29, 1.82) is 15.8 Å². The van der Waals surface area contributed by atoms with E-state index in [1.165, 1.54) is 9.36 Å². The van der Waals surface area contributed by atoms with Crippen LogP contribution in [0.5, 0.6) is 6.01 Å². The molecule has 9 rings (SSSR count). The molecule has 0 radical (unpaired) electrons. The fourth-order valence-corrected chi connectivity index (χ4v) is 7.14. The highest BCUT2D eigenvalue weighted by Gasteiger charge is 2.23. The van der Waals surface area contributed by atoms with E-state index in [-0.39, 0.29) is 80.6 Å². The maximum absolute atomic E-state index is 10.9. The Labute approximate surface area is 416 Å². The van der Waals surface area contributed by atoms with E-state index in [4.69, 9.17) is 16.5 Å². The highest BCUT2D eigenvalue weighted by Crippen LogP contribution is 2.40. The van der Waals surface area contributed by atoms with Crippen LogP contribution in [0.1, 0.15) is 38.9 Å². The van der Waals surface area contributed by atoms with Gasteiger partial charge in [0.2, 0.25) is 23.5 Å². The van der Waals surface area contributed by atoms with Crippen LogP contribution in [0.4, 0.5) is 75.2 Å². The third-order valence-corrected chi connectivity index (χ3v) is 10.9. The Balaban J connectivity index is 1.06. The molecule has 0 fully saturated rings. The highest BCUT2D eigenvalue weighted by molar-refractivity contribution is 5.80. The second kappa shape index (κ2) is 20.6. The summed E-state index contributed by atoms with van der Waals surface area (Å²) in [7, 11) is 0. The first kappa shape index (κ1) is 46.9. The van der Waals surface area contributed by atoms with Gasteiger partial charge in [-0.2, -0.15) is 35.8 Å². The van der Waals surface area contributed by atoms with Gasteiger partial charge in [0.15, 0.2) is 23.3 Å². The van der Waals surface area contributed by atoms with Crippen LogP contribution in [0.2, 0.25) is 0 Å². The van der Waals surface area contributed by atoms with Gasteiger partial charge in [-0.25, -0.2) is 19.5 Å². The van der Waals surface area contributed by atoms with Gasteiger partial charge in [-0.3, -0.25) is 4.68 Å². The van der Waals surface area contributed by atoms with Gasteiger partial charge in [0, 0.05) is 28.7 Å². The number of anilines is 8. The molecule has 0 unspecified atom stereocenters. The molecule has 0 saturated carbocycles. The number of nitrogens with one attached hydrogen (secondary N) is 4. The normalized spacial score (nSPS) is 10.9. The first-order valence-electron chi connectivity index (χ1n) is 22.0. The molecule has 9 aromatic rings. The third-order valence-electron chi connectivity index (χ3n) is 10.9. The molecule has 4 aromatic carbocycles. The number of aromatic nitrogens is 9. The number of aromatic hydroxyl groups is 1. The van der Waals surface area contributed by atoms with Gasteiger partial charge >= 0.3 is 6.01 Å². The summed E-state index contributed by atoms with van der Waals surface area (Å²) < 4.78 is 3.07.